The lowest BCUT2D eigenvalue weighted by molar-refractivity contribution is -0.133. The van der Waals surface area contributed by atoms with Crippen LogP contribution >= 0.6 is 0 Å². The third-order valence-corrected chi connectivity index (χ3v) is 6.76. The highest BCUT2D eigenvalue weighted by Gasteiger charge is 2.33. The number of aryl methyl sites for hydroxylation is 1. The van der Waals surface area contributed by atoms with Gasteiger partial charge in [0.15, 0.2) is 5.69 Å². The van der Waals surface area contributed by atoms with Gasteiger partial charge in [-0.05, 0) is 56.2 Å². The van der Waals surface area contributed by atoms with Crippen LogP contribution in [0.2, 0.25) is 0 Å². The van der Waals surface area contributed by atoms with Gasteiger partial charge in [-0.2, -0.15) is 0 Å². The van der Waals surface area contributed by atoms with Crippen LogP contribution in [0.25, 0.3) is 0 Å². The number of halogens is 1. The lowest BCUT2D eigenvalue weighted by Gasteiger charge is -2.28. The third-order valence-electron chi connectivity index (χ3n) is 6.76. The molecule has 4 atom stereocenters. The van der Waals surface area contributed by atoms with Crippen LogP contribution in [0.5, 0.6) is 0 Å². The van der Waals surface area contributed by atoms with Crippen LogP contribution in [-0.2, 0) is 25.6 Å². The van der Waals surface area contributed by atoms with E-state index in [1.165, 1.54) is 30.3 Å². The Labute approximate surface area is 237 Å². The predicted molar refractivity (Wildman–Crippen MR) is 145 cm³/mol. The highest BCUT2D eigenvalue weighted by molar-refractivity contribution is 5.97. The van der Waals surface area contributed by atoms with Crippen molar-refractivity contribution in [2.45, 2.75) is 71.0 Å². The summed E-state index contributed by atoms with van der Waals surface area (Å²) in [6, 6.07) is 3.49. The molecule has 1 fully saturated rings. The number of nitrogens with one attached hydrogen (secondary N) is 4. The number of nitrogens with zero attached hydrogens (tertiary/aromatic N) is 1. The lowest BCUT2D eigenvalue weighted by atomic mass is 9.91. The molecule has 0 bridgehead atoms. The van der Waals surface area contributed by atoms with Gasteiger partial charge < -0.3 is 31.5 Å². The zero-order valence-electron chi connectivity index (χ0n) is 23.4. The molecule has 1 saturated heterocycles. The SMILES string of the molecule is Cc1cc(C(=O)N[C@@H](Cc2ccc(F)cc2)C(=O)N[C@@H](CC(C)C)C(=O)N[C@@H](C[C@@H]2CCCNC2=O)C(N)=O)no1. The Morgan fingerprint density at radius 3 is 2.32 bits per heavy atom. The van der Waals surface area contributed by atoms with Crippen molar-refractivity contribution in [3.63, 3.8) is 0 Å². The first-order valence-corrected chi connectivity index (χ1v) is 13.6. The average molecular weight is 573 g/mol. The topological polar surface area (TPSA) is 186 Å². The van der Waals surface area contributed by atoms with Crippen molar-refractivity contribution in [3.8, 4) is 0 Å². The molecule has 3 rings (SSSR count). The summed E-state index contributed by atoms with van der Waals surface area (Å²) in [5.74, 6) is -3.56. The van der Waals surface area contributed by atoms with Crippen LogP contribution in [0.4, 0.5) is 4.39 Å². The number of aromatic nitrogens is 1. The third kappa shape index (κ3) is 9.40. The average Bonchev–Trinajstić information content (AvgIpc) is 3.35. The first-order chi connectivity index (χ1) is 19.4. The van der Waals surface area contributed by atoms with Crippen LogP contribution in [0.1, 0.15) is 61.3 Å². The quantitative estimate of drug-likeness (QED) is 0.236. The largest absolute Gasteiger partial charge is 0.368 e. The van der Waals surface area contributed by atoms with E-state index >= 15 is 0 Å². The first-order valence-electron chi connectivity index (χ1n) is 13.6. The van der Waals surface area contributed by atoms with Crippen LogP contribution in [-0.4, -0.2) is 59.4 Å². The van der Waals surface area contributed by atoms with Gasteiger partial charge in [-0.25, -0.2) is 4.39 Å². The van der Waals surface area contributed by atoms with Crippen LogP contribution in [0, 0.1) is 24.6 Å². The van der Waals surface area contributed by atoms with E-state index in [2.05, 4.69) is 26.4 Å². The molecule has 0 saturated carbocycles. The van der Waals surface area contributed by atoms with E-state index in [9.17, 15) is 28.4 Å². The summed E-state index contributed by atoms with van der Waals surface area (Å²) in [4.78, 5) is 64.0. The fraction of sp³-hybridized carbons (Fsp3) is 0.500. The molecule has 222 valence electrons. The number of hydrogen-bond donors (Lipinski definition) is 5. The summed E-state index contributed by atoms with van der Waals surface area (Å²) in [6.07, 6.45) is 1.55. The molecule has 6 N–H and O–H groups in total. The Kier molecular flexibility index (Phi) is 11.0. The van der Waals surface area contributed by atoms with Gasteiger partial charge >= 0.3 is 0 Å². The fourth-order valence-electron chi connectivity index (χ4n) is 4.61. The Morgan fingerprint density at radius 2 is 1.73 bits per heavy atom. The Hall–Kier alpha value is -4.29. The summed E-state index contributed by atoms with van der Waals surface area (Å²) in [6.45, 7) is 5.88. The van der Waals surface area contributed by atoms with Gasteiger partial charge in [-0.15, -0.1) is 0 Å². The molecule has 0 radical (unpaired) electrons. The van der Waals surface area contributed by atoms with Crippen molar-refractivity contribution in [3.05, 3.63) is 53.2 Å². The second kappa shape index (κ2) is 14.4. The van der Waals surface area contributed by atoms with Crippen molar-refractivity contribution in [2.24, 2.45) is 17.6 Å². The van der Waals surface area contributed by atoms with Gasteiger partial charge in [0, 0.05) is 24.9 Å². The number of nitrogens with two attached hydrogens (primary N) is 1. The molecule has 2 heterocycles. The van der Waals surface area contributed by atoms with E-state index in [0.29, 0.717) is 24.3 Å². The van der Waals surface area contributed by atoms with E-state index in [4.69, 9.17) is 10.3 Å². The molecule has 5 amide bonds. The summed E-state index contributed by atoms with van der Waals surface area (Å²) in [7, 11) is 0. The lowest BCUT2D eigenvalue weighted by Crippen LogP contribution is -2.57. The molecule has 0 spiro atoms. The van der Waals surface area contributed by atoms with E-state index in [1.807, 2.05) is 13.8 Å². The molecule has 41 heavy (non-hydrogen) atoms. The molecule has 1 aliphatic heterocycles. The molecule has 0 aliphatic carbocycles. The van der Waals surface area contributed by atoms with Gasteiger partial charge in [-0.3, -0.25) is 24.0 Å². The Morgan fingerprint density at radius 1 is 1.07 bits per heavy atom. The number of benzene rings is 1. The molecule has 1 aromatic heterocycles. The van der Waals surface area contributed by atoms with Crippen LogP contribution in [0.15, 0.2) is 34.9 Å². The molecule has 1 aliphatic rings. The molecular formula is C28H37FN6O6. The number of primary amides is 1. The van der Waals surface area contributed by atoms with E-state index < -0.39 is 53.5 Å². The number of amides is 5. The van der Waals surface area contributed by atoms with Gasteiger partial charge in [0.1, 0.15) is 29.7 Å². The number of hydrogen-bond acceptors (Lipinski definition) is 7. The predicted octanol–water partition coefficient (Wildman–Crippen LogP) is 0.881. The number of rotatable bonds is 13. The fourth-order valence-corrected chi connectivity index (χ4v) is 4.61. The standard InChI is InChI=1S/C28H37FN6O6/c1-15(2)11-21(26(38)32-20(24(30)36)14-18-5-4-10-31-25(18)37)33-27(39)22(13-17-6-8-19(29)9-7-17)34-28(40)23-12-16(3)41-35-23/h6-9,12,15,18,20-22H,4-5,10-11,13-14H2,1-3H3,(H2,30,36)(H,31,37)(H,32,38)(H,33,39)(H,34,40)/t18-,20-,21-,22-/m0/s1. The minimum Gasteiger partial charge on any atom is -0.368 e. The molecule has 1 aromatic carbocycles. The maximum atomic E-state index is 13.5. The van der Waals surface area contributed by atoms with Crippen LogP contribution < -0.4 is 27.0 Å². The smallest absolute Gasteiger partial charge is 0.274 e. The molecule has 0 unspecified atom stereocenters. The van der Waals surface area contributed by atoms with E-state index in [1.54, 1.807) is 6.92 Å². The second-order valence-corrected chi connectivity index (χ2v) is 10.7. The Balaban J connectivity index is 1.77. The molecule has 12 nitrogen and oxygen atoms in total. The zero-order valence-corrected chi connectivity index (χ0v) is 23.4. The number of carbonyl (C=O) groups excluding carboxylic acids is 5. The van der Waals surface area contributed by atoms with Gasteiger partial charge in [0.2, 0.25) is 23.6 Å². The zero-order chi connectivity index (χ0) is 30.1. The highest BCUT2D eigenvalue weighted by Crippen LogP contribution is 2.18. The summed E-state index contributed by atoms with van der Waals surface area (Å²) in [5.41, 5.74) is 6.07. The van der Waals surface area contributed by atoms with Gasteiger partial charge in [0.25, 0.3) is 5.91 Å². The highest BCUT2D eigenvalue weighted by atomic mass is 19.1. The number of piperidine rings is 1. The molecular weight excluding hydrogens is 535 g/mol. The van der Waals surface area contributed by atoms with Crippen LogP contribution in [0.3, 0.4) is 0 Å². The van der Waals surface area contributed by atoms with Crippen molar-refractivity contribution in [1.82, 2.24) is 26.4 Å². The van der Waals surface area contributed by atoms with Gasteiger partial charge in [0.05, 0.1) is 0 Å². The normalized spacial score (nSPS) is 17.2. The number of carbonyl (C=O) groups is 5. The van der Waals surface area contributed by atoms with E-state index in [-0.39, 0.29) is 36.8 Å². The second-order valence-electron chi connectivity index (χ2n) is 10.7. The molecule has 2 aromatic rings. The summed E-state index contributed by atoms with van der Waals surface area (Å²) in [5, 5.41) is 14.3. The summed E-state index contributed by atoms with van der Waals surface area (Å²) >= 11 is 0. The first kappa shape index (κ1) is 31.2. The minimum absolute atomic E-state index is 0.00852. The monoisotopic (exact) mass is 572 g/mol. The van der Waals surface area contributed by atoms with Crippen molar-refractivity contribution in [2.75, 3.05) is 6.54 Å². The Bertz CT molecular complexity index is 1250. The van der Waals surface area contributed by atoms with Crippen molar-refractivity contribution in [1.29, 1.82) is 0 Å². The maximum Gasteiger partial charge on any atom is 0.274 e. The maximum absolute atomic E-state index is 13.5. The van der Waals surface area contributed by atoms with Crippen molar-refractivity contribution >= 4 is 29.5 Å². The minimum atomic E-state index is -1.16. The summed E-state index contributed by atoms with van der Waals surface area (Å²) < 4.78 is 18.4. The van der Waals surface area contributed by atoms with Gasteiger partial charge in [-0.1, -0.05) is 31.1 Å². The van der Waals surface area contributed by atoms with E-state index in [0.717, 1.165) is 6.42 Å². The van der Waals surface area contributed by atoms with Crippen molar-refractivity contribution < 1.29 is 32.9 Å². The molecule has 13 heteroatoms.